The largest absolute Gasteiger partial charge is 0.486 e. The van der Waals surface area contributed by atoms with Gasteiger partial charge in [0.05, 0.1) is 27.4 Å². The summed E-state index contributed by atoms with van der Waals surface area (Å²) >= 11 is 6.34. The third-order valence-electron chi connectivity index (χ3n) is 4.21. The molecule has 0 aliphatic heterocycles. The minimum atomic E-state index is -0.403. The number of para-hydroxylation sites is 2. The first-order chi connectivity index (χ1) is 12.5. The summed E-state index contributed by atoms with van der Waals surface area (Å²) < 4.78 is 11.1. The summed E-state index contributed by atoms with van der Waals surface area (Å²) in [5.41, 5.74) is 4.02. The van der Waals surface area contributed by atoms with Crippen LogP contribution in [0.15, 0.2) is 51.7 Å². The van der Waals surface area contributed by atoms with E-state index in [1.807, 2.05) is 38.1 Å². The van der Waals surface area contributed by atoms with Gasteiger partial charge in [-0.3, -0.25) is 0 Å². The van der Waals surface area contributed by atoms with Gasteiger partial charge in [0.25, 0.3) is 0 Å². The third kappa shape index (κ3) is 3.02. The Balaban J connectivity index is 1.68. The molecular weight excluding hydrogens is 352 g/mol. The van der Waals surface area contributed by atoms with Gasteiger partial charge in [0.15, 0.2) is 0 Å². The van der Waals surface area contributed by atoms with E-state index in [1.165, 1.54) is 6.07 Å². The molecule has 2 aromatic carbocycles. The van der Waals surface area contributed by atoms with Crippen molar-refractivity contribution in [3.8, 4) is 5.75 Å². The Labute approximate surface area is 154 Å². The molecule has 2 heterocycles. The number of hydrogen-bond acceptors (Lipinski definition) is 5. The summed E-state index contributed by atoms with van der Waals surface area (Å²) in [5, 5.41) is 1.23. The van der Waals surface area contributed by atoms with E-state index in [0.29, 0.717) is 16.4 Å². The summed E-state index contributed by atoms with van der Waals surface area (Å²) in [5.74, 6) is 0.433. The number of ether oxygens (including phenoxy) is 1. The lowest BCUT2D eigenvalue weighted by Crippen LogP contribution is -2.04. The first-order valence-corrected chi connectivity index (χ1v) is 8.48. The van der Waals surface area contributed by atoms with E-state index < -0.39 is 5.63 Å². The van der Waals surface area contributed by atoms with Crippen molar-refractivity contribution >= 4 is 33.6 Å². The zero-order chi connectivity index (χ0) is 18.3. The molecule has 0 fully saturated rings. The highest BCUT2D eigenvalue weighted by Crippen LogP contribution is 2.31. The fourth-order valence-electron chi connectivity index (χ4n) is 2.84. The Kier molecular flexibility index (Phi) is 4.09. The van der Waals surface area contributed by atoms with Gasteiger partial charge in [0.2, 0.25) is 0 Å². The zero-order valence-corrected chi connectivity index (χ0v) is 15.0. The quantitative estimate of drug-likeness (QED) is 0.496. The normalized spacial score (nSPS) is 11.2. The van der Waals surface area contributed by atoms with Gasteiger partial charge in [0.1, 0.15) is 17.9 Å². The molecule has 0 aliphatic carbocycles. The molecule has 0 saturated carbocycles. The number of nitrogens with zero attached hydrogens (tertiary/aromatic N) is 2. The van der Waals surface area contributed by atoms with Crippen LogP contribution in [0, 0.1) is 13.8 Å². The smallest absolute Gasteiger partial charge is 0.336 e. The van der Waals surface area contributed by atoms with Crippen molar-refractivity contribution in [3.63, 3.8) is 0 Å². The van der Waals surface area contributed by atoms with E-state index in [2.05, 4.69) is 9.97 Å². The molecule has 4 aromatic rings. The Hall–Kier alpha value is -2.92. The predicted octanol–water partition coefficient (Wildman–Crippen LogP) is 4.59. The van der Waals surface area contributed by atoms with Crippen LogP contribution in [-0.2, 0) is 6.61 Å². The van der Waals surface area contributed by atoms with Crippen molar-refractivity contribution < 1.29 is 9.15 Å². The molecule has 0 unspecified atom stereocenters. The SMILES string of the molecule is Cc1nc2ccccc2nc1COc1cc2oc(=O)cc(C)c2cc1Cl. The summed E-state index contributed by atoms with van der Waals surface area (Å²) in [7, 11) is 0. The molecule has 0 spiro atoms. The van der Waals surface area contributed by atoms with Crippen LogP contribution in [0.3, 0.4) is 0 Å². The summed E-state index contributed by atoms with van der Waals surface area (Å²) in [4.78, 5) is 20.7. The maximum atomic E-state index is 11.6. The molecule has 0 saturated heterocycles. The molecule has 5 nitrogen and oxygen atoms in total. The second kappa shape index (κ2) is 6.42. The zero-order valence-electron chi connectivity index (χ0n) is 14.2. The fraction of sp³-hybridized carbons (Fsp3) is 0.150. The Morgan fingerprint density at radius 2 is 1.81 bits per heavy atom. The average molecular weight is 367 g/mol. The second-order valence-electron chi connectivity index (χ2n) is 6.06. The van der Waals surface area contributed by atoms with Gasteiger partial charge < -0.3 is 9.15 Å². The van der Waals surface area contributed by atoms with Crippen molar-refractivity contribution in [1.82, 2.24) is 9.97 Å². The van der Waals surface area contributed by atoms with Crippen LogP contribution in [0.25, 0.3) is 22.0 Å². The van der Waals surface area contributed by atoms with Gasteiger partial charge in [-0.2, -0.15) is 0 Å². The average Bonchev–Trinajstić information content (AvgIpc) is 2.60. The topological polar surface area (TPSA) is 65.2 Å². The lowest BCUT2D eigenvalue weighted by molar-refractivity contribution is 0.300. The van der Waals surface area contributed by atoms with Crippen LogP contribution >= 0.6 is 11.6 Å². The van der Waals surface area contributed by atoms with Gasteiger partial charge in [0, 0.05) is 17.5 Å². The maximum absolute atomic E-state index is 11.6. The number of aryl methyl sites for hydroxylation is 2. The van der Waals surface area contributed by atoms with Crippen molar-refractivity contribution in [2.75, 3.05) is 0 Å². The molecule has 6 heteroatoms. The van der Waals surface area contributed by atoms with E-state index in [1.54, 1.807) is 12.1 Å². The molecule has 0 bridgehead atoms. The monoisotopic (exact) mass is 366 g/mol. The van der Waals surface area contributed by atoms with Crippen LogP contribution in [0.4, 0.5) is 0 Å². The highest BCUT2D eigenvalue weighted by atomic mass is 35.5. The maximum Gasteiger partial charge on any atom is 0.336 e. The van der Waals surface area contributed by atoms with Gasteiger partial charge in [-0.25, -0.2) is 14.8 Å². The molecule has 130 valence electrons. The van der Waals surface area contributed by atoms with Gasteiger partial charge >= 0.3 is 5.63 Å². The molecule has 0 atom stereocenters. The molecule has 2 aromatic heterocycles. The van der Waals surface area contributed by atoms with Gasteiger partial charge in [-0.05, 0) is 37.6 Å². The van der Waals surface area contributed by atoms with E-state index in [-0.39, 0.29) is 6.61 Å². The van der Waals surface area contributed by atoms with Crippen molar-refractivity contribution in [1.29, 1.82) is 0 Å². The van der Waals surface area contributed by atoms with Crippen LogP contribution < -0.4 is 10.4 Å². The molecule has 0 amide bonds. The fourth-order valence-corrected chi connectivity index (χ4v) is 3.06. The minimum Gasteiger partial charge on any atom is -0.486 e. The number of halogens is 1. The number of rotatable bonds is 3. The van der Waals surface area contributed by atoms with Crippen LogP contribution in [-0.4, -0.2) is 9.97 Å². The predicted molar refractivity (Wildman–Crippen MR) is 101 cm³/mol. The molecule has 4 rings (SSSR count). The molecule has 0 N–H and O–H groups in total. The first-order valence-electron chi connectivity index (χ1n) is 8.10. The van der Waals surface area contributed by atoms with Gasteiger partial charge in [-0.15, -0.1) is 0 Å². The highest BCUT2D eigenvalue weighted by molar-refractivity contribution is 6.32. The Bertz CT molecular complexity index is 1200. The van der Waals surface area contributed by atoms with E-state index in [9.17, 15) is 4.79 Å². The lowest BCUT2D eigenvalue weighted by atomic mass is 10.1. The summed E-state index contributed by atoms with van der Waals surface area (Å²) in [6.07, 6.45) is 0. The first kappa shape index (κ1) is 16.5. The number of aromatic nitrogens is 2. The van der Waals surface area contributed by atoms with Gasteiger partial charge in [-0.1, -0.05) is 23.7 Å². The molecule has 0 radical (unpaired) electrons. The molecular formula is C20H15ClN2O3. The molecule has 0 aliphatic rings. The third-order valence-corrected chi connectivity index (χ3v) is 4.51. The number of fused-ring (bicyclic) bond motifs is 2. The van der Waals surface area contributed by atoms with Crippen molar-refractivity contribution in [3.05, 3.63) is 74.9 Å². The van der Waals surface area contributed by atoms with Crippen LogP contribution in [0.5, 0.6) is 5.75 Å². The molecule has 26 heavy (non-hydrogen) atoms. The number of hydrogen-bond donors (Lipinski definition) is 0. The Morgan fingerprint density at radius 1 is 1.08 bits per heavy atom. The minimum absolute atomic E-state index is 0.213. The highest BCUT2D eigenvalue weighted by Gasteiger charge is 2.11. The van der Waals surface area contributed by atoms with Crippen molar-refractivity contribution in [2.24, 2.45) is 0 Å². The van der Waals surface area contributed by atoms with Crippen LogP contribution in [0.2, 0.25) is 5.02 Å². The summed E-state index contributed by atoms with van der Waals surface area (Å²) in [6.45, 7) is 3.94. The van der Waals surface area contributed by atoms with Crippen LogP contribution in [0.1, 0.15) is 17.0 Å². The number of benzene rings is 2. The van der Waals surface area contributed by atoms with E-state index in [4.69, 9.17) is 20.8 Å². The van der Waals surface area contributed by atoms with E-state index in [0.717, 1.165) is 33.4 Å². The standard InChI is InChI=1S/C20H15ClN2O3/c1-11-7-20(24)26-18-9-19(14(21)8-13(11)18)25-10-17-12(2)22-15-5-3-4-6-16(15)23-17/h3-9H,10H2,1-2H3. The van der Waals surface area contributed by atoms with Crippen molar-refractivity contribution in [2.45, 2.75) is 20.5 Å². The summed E-state index contributed by atoms with van der Waals surface area (Å²) in [6, 6.07) is 12.5. The lowest BCUT2D eigenvalue weighted by Gasteiger charge is -2.11. The second-order valence-corrected chi connectivity index (χ2v) is 6.47. The van der Waals surface area contributed by atoms with E-state index >= 15 is 0 Å². The Morgan fingerprint density at radius 3 is 2.58 bits per heavy atom.